The number of aromatic nitrogens is 3. The summed E-state index contributed by atoms with van der Waals surface area (Å²) in [6.07, 6.45) is 1.16. The number of ether oxygens (including phenoxy) is 1. The molecule has 84 valence electrons. The van der Waals surface area contributed by atoms with Crippen LogP contribution in [-0.4, -0.2) is 45.7 Å². The lowest BCUT2D eigenvalue weighted by atomic mass is 10.3. The van der Waals surface area contributed by atoms with Crippen LogP contribution < -0.4 is 5.32 Å². The summed E-state index contributed by atoms with van der Waals surface area (Å²) in [5.74, 6) is 0.781. The van der Waals surface area contributed by atoms with Crippen LogP contribution in [0, 0.1) is 0 Å². The van der Waals surface area contributed by atoms with Crippen LogP contribution in [0.15, 0.2) is 6.33 Å². The number of nitrogens with zero attached hydrogens (tertiary/aromatic N) is 3. The Morgan fingerprint density at radius 3 is 3.33 bits per heavy atom. The average Bonchev–Trinajstić information content (AvgIpc) is 2.66. The molecule has 0 spiro atoms. The van der Waals surface area contributed by atoms with Crippen molar-refractivity contribution in [2.24, 2.45) is 0 Å². The molecule has 1 fully saturated rings. The molecule has 1 saturated heterocycles. The van der Waals surface area contributed by atoms with E-state index in [-0.39, 0.29) is 6.10 Å². The first-order chi connectivity index (χ1) is 7.27. The zero-order valence-corrected chi connectivity index (χ0v) is 8.76. The van der Waals surface area contributed by atoms with E-state index in [0.29, 0.717) is 13.2 Å². The zero-order chi connectivity index (χ0) is 10.7. The lowest BCUT2D eigenvalue weighted by Crippen LogP contribution is -2.35. The van der Waals surface area contributed by atoms with Gasteiger partial charge in [0.2, 0.25) is 0 Å². The van der Waals surface area contributed by atoms with Crippen LogP contribution in [0.25, 0.3) is 0 Å². The Labute approximate surface area is 88.3 Å². The lowest BCUT2D eigenvalue weighted by Gasteiger charge is -2.23. The van der Waals surface area contributed by atoms with Crippen molar-refractivity contribution in [3.05, 3.63) is 12.2 Å². The Kier molecular flexibility index (Phi) is 3.30. The van der Waals surface area contributed by atoms with E-state index in [9.17, 15) is 5.11 Å². The zero-order valence-electron chi connectivity index (χ0n) is 8.76. The minimum Gasteiger partial charge on any atom is -0.392 e. The Morgan fingerprint density at radius 2 is 2.67 bits per heavy atom. The van der Waals surface area contributed by atoms with Gasteiger partial charge in [-0.2, -0.15) is 0 Å². The van der Waals surface area contributed by atoms with Gasteiger partial charge in [0.1, 0.15) is 12.4 Å². The largest absolute Gasteiger partial charge is 0.392 e. The maximum Gasteiger partial charge on any atom is 0.163 e. The second-order valence-electron chi connectivity index (χ2n) is 3.75. The van der Waals surface area contributed by atoms with Crippen molar-refractivity contribution < 1.29 is 9.84 Å². The predicted octanol–water partition coefficient (Wildman–Crippen LogP) is -0.680. The summed E-state index contributed by atoms with van der Waals surface area (Å²) in [5.41, 5.74) is 0. The topological polar surface area (TPSA) is 72.2 Å². The third-order valence-electron chi connectivity index (χ3n) is 2.32. The fourth-order valence-electron chi connectivity index (χ4n) is 1.67. The molecule has 15 heavy (non-hydrogen) atoms. The molecule has 2 atom stereocenters. The molecule has 0 saturated carbocycles. The summed E-state index contributed by atoms with van der Waals surface area (Å²) in [6.45, 7) is 4.55. The van der Waals surface area contributed by atoms with Gasteiger partial charge in [-0.3, -0.25) is 0 Å². The number of rotatable bonds is 3. The van der Waals surface area contributed by atoms with E-state index < -0.39 is 6.10 Å². The van der Waals surface area contributed by atoms with Gasteiger partial charge in [0.25, 0.3) is 0 Å². The molecule has 2 heterocycles. The molecular formula is C9H16N4O2. The Bertz CT molecular complexity index is 307. The molecule has 0 aromatic carbocycles. The second-order valence-corrected chi connectivity index (χ2v) is 3.75. The number of hydrogen-bond acceptors (Lipinski definition) is 5. The number of morpholine rings is 1. The Morgan fingerprint density at radius 1 is 1.80 bits per heavy atom. The first-order valence-electron chi connectivity index (χ1n) is 5.15. The van der Waals surface area contributed by atoms with Crippen molar-refractivity contribution >= 4 is 0 Å². The molecule has 1 aliphatic rings. The molecule has 2 unspecified atom stereocenters. The van der Waals surface area contributed by atoms with E-state index >= 15 is 0 Å². The van der Waals surface area contributed by atoms with Gasteiger partial charge in [0, 0.05) is 13.1 Å². The van der Waals surface area contributed by atoms with Crippen LogP contribution >= 0.6 is 0 Å². The molecule has 6 heteroatoms. The molecule has 2 rings (SSSR count). The molecule has 0 radical (unpaired) electrons. The molecule has 0 bridgehead atoms. The van der Waals surface area contributed by atoms with Crippen LogP contribution in [0.3, 0.4) is 0 Å². The standard InChI is InChI=1S/C9H16N4O2/c1-7(14)5-13-6-11-12-9(13)8-4-10-2-3-15-8/h6-8,10,14H,2-5H2,1H3. The van der Waals surface area contributed by atoms with Gasteiger partial charge < -0.3 is 19.7 Å². The normalized spacial score (nSPS) is 24.0. The molecular weight excluding hydrogens is 196 g/mol. The Hall–Kier alpha value is -0.980. The summed E-state index contributed by atoms with van der Waals surface area (Å²) in [5, 5.41) is 20.4. The van der Waals surface area contributed by atoms with Crippen LogP contribution in [-0.2, 0) is 11.3 Å². The van der Waals surface area contributed by atoms with Gasteiger partial charge in [0.15, 0.2) is 5.82 Å². The van der Waals surface area contributed by atoms with Crippen molar-refractivity contribution in [2.45, 2.75) is 25.7 Å². The number of aliphatic hydroxyl groups is 1. The van der Waals surface area contributed by atoms with Crippen molar-refractivity contribution in [2.75, 3.05) is 19.7 Å². The Balaban J connectivity index is 2.09. The molecule has 1 aromatic rings. The van der Waals surface area contributed by atoms with E-state index in [2.05, 4.69) is 15.5 Å². The summed E-state index contributed by atoms with van der Waals surface area (Å²) >= 11 is 0. The first-order valence-corrected chi connectivity index (χ1v) is 5.15. The molecule has 2 N–H and O–H groups in total. The third-order valence-corrected chi connectivity index (χ3v) is 2.32. The van der Waals surface area contributed by atoms with E-state index in [4.69, 9.17) is 4.74 Å². The fraction of sp³-hybridized carbons (Fsp3) is 0.778. The predicted molar refractivity (Wildman–Crippen MR) is 53.3 cm³/mol. The highest BCUT2D eigenvalue weighted by molar-refractivity contribution is 4.94. The smallest absolute Gasteiger partial charge is 0.163 e. The average molecular weight is 212 g/mol. The maximum absolute atomic E-state index is 9.31. The monoisotopic (exact) mass is 212 g/mol. The van der Waals surface area contributed by atoms with Crippen LogP contribution in [0.5, 0.6) is 0 Å². The van der Waals surface area contributed by atoms with Gasteiger partial charge in [0.05, 0.1) is 19.3 Å². The van der Waals surface area contributed by atoms with E-state index in [1.807, 2.05) is 4.57 Å². The van der Waals surface area contributed by atoms with Crippen LogP contribution in [0.1, 0.15) is 18.9 Å². The SMILES string of the molecule is CC(O)Cn1cnnc1C1CNCCO1. The minimum atomic E-state index is -0.406. The van der Waals surface area contributed by atoms with Gasteiger partial charge in [-0.05, 0) is 6.92 Å². The summed E-state index contributed by atoms with van der Waals surface area (Å²) in [4.78, 5) is 0. The molecule has 6 nitrogen and oxygen atoms in total. The van der Waals surface area contributed by atoms with Crippen molar-refractivity contribution in [1.29, 1.82) is 0 Å². The highest BCUT2D eigenvalue weighted by atomic mass is 16.5. The highest BCUT2D eigenvalue weighted by Crippen LogP contribution is 2.16. The van der Waals surface area contributed by atoms with Gasteiger partial charge >= 0.3 is 0 Å². The van der Waals surface area contributed by atoms with Crippen molar-refractivity contribution in [3.63, 3.8) is 0 Å². The number of nitrogens with one attached hydrogen (secondary N) is 1. The van der Waals surface area contributed by atoms with Crippen LogP contribution in [0.4, 0.5) is 0 Å². The van der Waals surface area contributed by atoms with Gasteiger partial charge in [-0.25, -0.2) is 0 Å². The van der Waals surface area contributed by atoms with Gasteiger partial charge in [-0.15, -0.1) is 10.2 Å². The van der Waals surface area contributed by atoms with E-state index in [1.54, 1.807) is 13.3 Å². The van der Waals surface area contributed by atoms with E-state index in [0.717, 1.165) is 18.9 Å². The van der Waals surface area contributed by atoms with E-state index in [1.165, 1.54) is 0 Å². The summed E-state index contributed by atoms with van der Waals surface area (Å²) < 4.78 is 7.41. The fourth-order valence-corrected chi connectivity index (χ4v) is 1.67. The quantitative estimate of drug-likeness (QED) is 0.694. The highest BCUT2D eigenvalue weighted by Gasteiger charge is 2.21. The van der Waals surface area contributed by atoms with Crippen molar-refractivity contribution in [3.8, 4) is 0 Å². The number of hydrogen-bond donors (Lipinski definition) is 2. The summed E-state index contributed by atoms with van der Waals surface area (Å²) in [6, 6.07) is 0. The summed E-state index contributed by atoms with van der Waals surface area (Å²) in [7, 11) is 0. The molecule has 0 amide bonds. The second kappa shape index (κ2) is 4.69. The first kappa shape index (κ1) is 10.5. The maximum atomic E-state index is 9.31. The minimum absolute atomic E-state index is 0.0556. The van der Waals surface area contributed by atoms with Crippen molar-refractivity contribution in [1.82, 2.24) is 20.1 Å². The molecule has 1 aromatic heterocycles. The van der Waals surface area contributed by atoms with Crippen LogP contribution in [0.2, 0.25) is 0 Å². The third kappa shape index (κ3) is 2.53. The lowest BCUT2D eigenvalue weighted by molar-refractivity contribution is 0.0185. The molecule has 1 aliphatic heterocycles. The van der Waals surface area contributed by atoms with Gasteiger partial charge in [-0.1, -0.05) is 0 Å². The molecule has 0 aliphatic carbocycles. The number of aliphatic hydroxyl groups excluding tert-OH is 1.